The Morgan fingerprint density at radius 2 is 1.81 bits per heavy atom. The topological polar surface area (TPSA) is 56.7 Å². The molecule has 0 radical (unpaired) electrons. The number of likely N-dealkylation sites (tertiary alicyclic amines) is 1. The monoisotopic (exact) mass is 472 g/mol. The summed E-state index contributed by atoms with van der Waals surface area (Å²) >= 11 is 0. The van der Waals surface area contributed by atoms with Gasteiger partial charge in [0.2, 0.25) is 5.91 Å². The lowest BCUT2D eigenvalue weighted by Crippen LogP contribution is -2.46. The number of nitrogens with one attached hydrogen (secondary N) is 2. The van der Waals surface area contributed by atoms with Gasteiger partial charge in [-0.25, -0.2) is 0 Å². The van der Waals surface area contributed by atoms with Crippen LogP contribution in [0.25, 0.3) is 0 Å². The number of guanidine groups is 1. The third-order valence-corrected chi connectivity index (χ3v) is 5.01. The van der Waals surface area contributed by atoms with Gasteiger partial charge in [0.1, 0.15) is 0 Å². The number of rotatable bonds is 6. The number of hydrogen-bond donors (Lipinski definition) is 2. The first kappa shape index (κ1) is 22.7. The van der Waals surface area contributed by atoms with E-state index in [0.717, 1.165) is 51.3 Å². The Hall–Kier alpha value is -1.31. The summed E-state index contributed by atoms with van der Waals surface area (Å²) in [4.78, 5) is 18.2. The molecule has 0 aromatic heterocycles. The van der Waals surface area contributed by atoms with Gasteiger partial charge in [0.15, 0.2) is 5.96 Å². The summed E-state index contributed by atoms with van der Waals surface area (Å²) < 4.78 is 0. The lowest BCUT2D eigenvalue weighted by Gasteiger charge is -2.34. The first-order valence-electron chi connectivity index (χ1n) is 9.40. The number of aliphatic imine (C=N–C) groups is 1. The number of piperidine rings is 1. The number of hydrogen-bond acceptors (Lipinski definition) is 2. The molecule has 1 aromatic carbocycles. The average Bonchev–Trinajstić information content (AvgIpc) is 2.66. The average molecular weight is 472 g/mol. The zero-order valence-corrected chi connectivity index (χ0v) is 18.6. The predicted octanol–water partition coefficient (Wildman–Crippen LogP) is 2.83. The van der Waals surface area contributed by atoms with E-state index in [9.17, 15) is 4.79 Å². The van der Waals surface area contributed by atoms with Gasteiger partial charge < -0.3 is 15.5 Å². The first-order chi connectivity index (χ1) is 12.2. The molecule has 1 fully saturated rings. The third-order valence-electron chi connectivity index (χ3n) is 5.01. The molecule has 1 heterocycles. The van der Waals surface area contributed by atoms with E-state index in [4.69, 9.17) is 0 Å². The molecule has 0 atom stereocenters. The smallest absolute Gasteiger partial charge is 0.220 e. The molecule has 6 heteroatoms. The van der Waals surface area contributed by atoms with Crippen molar-refractivity contribution in [2.45, 2.75) is 39.0 Å². The minimum atomic E-state index is 0. The molecule has 0 aliphatic carbocycles. The van der Waals surface area contributed by atoms with Crippen molar-refractivity contribution in [1.82, 2.24) is 15.5 Å². The van der Waals surface area contributed by atoms with Crippen molar-refractivity contribution in [1.29, 1.82) is 0 Å². The highest BCUT2D eigenvalue weighted by molar-refractivity contribution is 14.0. The fourth-order valence-electron chi connectivity index (χ4n) is 3.31. The van der Waals surface area contributed by atoms with Gasteiger partial charge in [-0.3, -0.25) is 9.79 Å². The van der Waals surface area contributed by atoms with Crippen LogP contribution in [-0.2, 0) is 17.6 Å². The number of nitrogens with zero attached hydrogens (tertiary/aromatic N) is 2. The molecule has 2 N–H and O–H groups in total. The molecule has 146 valence electrons. The Morgan fingerprint density at radius 1 is 1.19 bits per heavy atom. The van der Waals surface area contributed by atoms with Crippen LogP contribution in [-0.4, -0.2) is 50.5 Å². The standard InChI is InChI=1S/C20H32N4O.HI/c1-4-16-5-7-17(8-6-16)9-12-23-20(22-3)24-13-10-18(11-14-24)15-19(25)21-2;/h5-8,18H,4,9-15H2,1-3H3,(H,21,25)(H,22,23);1H. The summed E-state index contributed by atoms with van der Waals surface area (Å²) in [5, 5.41) is 6.20. The molecule has 1 amide bonds. The first-order valence-corrected chi connectivity index (χ1v) is 9.40. The highest BCUT2D eigenvalue weighted by Gasteiger charge is 2.22. The fraction of sp³-hybridized carbons (Fsp3) is 0.600. The van der Waals surface area contributed by atoms with E-state index < -0.39 is 0 Å². The maximum absolute atomic E-state index is 11.5. The molecule has 5 nitrogen and oxygen atoms in total. The van der Waals surface area contributed by atoms with Gasteiger partial charge >= 0.3 is 0 Å². The summed E-state index contributed by atoms with van der Waals surface area (Å²) in [5.41, 5.74) is 2.73. The van der Waals surface area contributed by atoms with Crippen molar-refractivity contribution in [2.75, 3.05) is 33.7 Å². The summed E-state index contributed by atoms with van der Waals surface area (Å²) in [6, 6.07) is 8.85. The fourth-order valence-corrected chi connectivity index (χ4v) is 3.31. The Kier molecular flexibility index (Phi) is 10.6. The maximum atomic E-state index is 11.5. The molecule has 1 aliphatic rings. The van der Waals surface area contributed by atoms with E-state index in [1.54, 1.807) is 7.05 Å². The third kappa shape index (κ3) is 7.13. The van der Waals surface area contributed by atoms with Crippen LogP contribution in [0.15, 0.2) is 29.3 Å². The van der Waals surface area contributed by atoms with E-state index in [1.165, 1.54) is 11.1 Å². The second-order valence-corrected chi connectivity index (χ2v) is 6.70. The van der Waals surface area contributed by atoms with Crippen molar-refractivity contribution in [3.05, 3.63) is 35.4 Å². The Bertz CT molecular complexity index is 566. The molecule has 1 aromatic rings. The van der Waals surface area contributed by atoms with Crippen molar-refractivity contribution >= 4 is 35.8 Å². The Morgan fingerprint density at radius 3 is 2.35 bits per heavy atom. The van der Waals surface area contributed by atoms with Crippen LogP contribution in [0, 0.1) is 5.92 Å². The van der Waals surface area contributed by atoms with E-state index in [0.29, 0.717) is 12.3 Å². The van der Waals surface area contributed by atoms with Gasteiger partial charge in [0.05, 0.1) is 0 Å². The molecule has 1 saturated heterocycles. The van der Waals surface area contributed by atoms with Gasteiger partial charge in [0, 0.05) is 40.2 Å². The summed E-state index contributed by atoms with van der Waals surface area (Å²) in [6.07, 6.45) is 4.82. The zero-order chi connectivity index (χ0) is 18.1. The van der Waals surface area contributed by atoms with Gasteiger partial charge in [0.25, 0.3) is 0 Å². The number of amides is 1. The molecule has 0 spiro atoms. The van der Waals surface area contributed by atoms with Crippen molar-refractivity contribution < 1.29 is 4.79 Å². The van der Waals surface area contributed by atoms with Crippen LogP contribution in [0.3, 0.4) is 0 Å². The molecular weight excluding hydrogens is 439 g/mol. The normalized spacial score (nSPS) is 15.3. The number of carbonyl (C=O) groups excluding carboxylic acids is 1. The minimum Gasteiger partial charge on any atom is -0.359 e. The second-order valence-electron chi connectivity index (χ2n) is 6.70. The highest BCUT2D eigenvalue weighted by atomic mass is 127. The highest BCUT2D eigenvalue weighted by Crippen LogP contribution is 2.20. The molecule has 0 unspecified atom stereocenters. The summed E-state index contributed by atoms with van der Waals surface area (Å²) in [6.45, 7) is 4.99. The largest absolute Gasteiger partial charge is 0.359 e. The molecule has 0 saturated carbocycles. The van der Waals surface area contributed by atoms with Gasteiger partial charge in [-0.05, 0) is 42.7 Å². The van der Waals surface area contributed by atoms with Crippen molar-refractivity contribution in [3.8, 4) is 0 Å². The number of halogens is 1. The lowest BCUT2D eigenvalue weighted by molar-refractivity contribution is -0.121. The molecule has 2 rings (SSSR count). The lowest BCUT2D eigenvalue weighted by atomic mass is 9.93. The Balaban J connectivity index is 0.00000338. The predicted molar refractivity (Wildman–Crippen MR) is 119 cm³/mol. The van der Waals surface area contributed by atoms with E-state index in [2.05, 4.69) is 51.7 Å². The quantitative estimate of drug-likeness (QED) is 0.381. The number of benzene rings is 1. The Labute approximate surface area is 175 Å². The zero-order valence-electron chi connectivity index (χ0n) is 16.3. The van der Waals surface area contributed by atoms with E-state index >= 15 is 0 Å². The number of aryl methyl sites for hydroxylation is 1. The number of carbonyl (C=O) groups is 1. The van der Waals surface area contributed by atoms with Crippen LogP contribution < -0.4 is 10.6 Å². The van der Waals surface area contributed by atoms with Crippen molar-refractivity contribution in [2.24, 2.45) is 10.9 Å². The molecule has 0 bridgehead atoms. The van der Waals surface area contributed by atoms with Crippen LogP contribution in [0.1, 0.15) is 37.3 Å². The molecule has 1 aliphatic heterocycles. The minimum absolute atomic E-state index is 0. The van der Waals surface area contributed by atoms with Crippen LogP contribution in [0.2, 0.25) is 0 Å². The van der Waals surface area contributed by atoms with E-state index in [-0.39, 0.29) is 29.9 Å². The maximum Gasteiger partial charge on any atom is 0.220 e. The van der Waals surface area contributed by atoms with Gasteiger partial charge in [-0.1, -0.05) is 31.2 Å². The van der Waals surface area contributed by atoms with Crippen LogP contribution in [0.5, 0.6) is 0 Å². The van der Waals surface area contributed by atoms with Crippen LogP contribution >= 0.6 is 24.0 Å². The summed E-state index contributed by atoms with van der Waals surface area (Å²) in [5.74, 6) is 1.62. The van der Waals surface area contributed by atoms with Gasteiger partial charge in [-0.2, -0.15) is 0 Å². The van der Waals surface area contributed by atoms with Crippen LogP contribution in [0.4, 0.5) is 0 Å². The molecule has 26 heavy (non-hydrogen) atoms. The van der Waals surface area contributed by atoms with Gasteiger partial charge in [-0.15, -0.1) is 24.0 Å². The SMILES string of the molecule is CCc1ccc(CCNC(=NC)N2CCC(CC(=O)NC)CC2)cc1.I. The second kappa shape index (κ2) is 12.1. The van der Waals surface area contributed by atoms with Crippen molar-refractivity contribution in [3.63, 3.8) is 0 Å². The summed E-state index contributed by atoms with van der Waals surface area (Å²) in [7, 11) is 3.55. The van der Waals surface area contributed by atoms with E-state index in [1.807, 2.05) is 7.05 Å². The molecular formula is C20H33IN4O.